The number of morpholine rings is 1. The van der Waals surface area contributed by atoms with Gasteiger partial charge in [0.05, 0.1) is 40.5 Å². The van der Waals surface area contributed by atoms with Gasteiger partial charge in [-0.05, 0) is 49.2 Å². The number of thiazole rings is 1. The van der Waals surface area contributed by atoms with Crippen LogP contribution in [0.3, 0.4) is 0 Å². The Kier molecular flexibility index (Phi) is 6.88. The van der Waals surface area contributed by atoms with Crippen molar-refractivity contribution < 1.29 is 22.7 Å². The Balaban J connectivity index is 1.44. The lowest BCUT2D eigenvalue weighted by molar-refractivity contribution is 0.0730. The molecular weight excluding hydrogens is 498 g/mol. The monoisotopic (exact) mass is 521 g/mol. The van der Waals surface area contributed by atoms with E-state index in [1.807, 2.05) is 12.1 Å². The Morgan fingerprint density at radius 2 is 1.91 bits per heavy atom. The molecule has 0 bridgehead atoms. The van der Waals surface area contributed by atoms with Gasteiger partial charge in [-0.1, -0.05) is 29.0 Å². The van der Waals surface area contributed by atoms with E-state index < -0.39 is 10.0 Å². The van der Waals surface area contributed by atoms with Crippen LogP contribution in [0.25, 0.3) is 10.2 Å². The second kappa shape index (κ2) is 9.88. The number of sulfonamides is 1. The predicted molar refractivity (Wildman–Crippen MR) is 131 cm³/mol. The van der Waals surface area contributed by atoms with Gasteiger partial charge in [0.25, 0.3) is 5.91 Å². The third-order valence-electron chi connectivity index (χ3n) is 5.95. The highest BCUT2D eigenvalue weighted by atomic mass is 35.5. The van der Waals surface area contributed by atoms with E-state index in [0.717, 1.165) is 17.5 Å². The van der Waals surface area contributed by atoms with Crippen molar-refractivity contribution in [2.45, 2.75) is 23.8 Å². The number of benzene rings is 2. The van der Waals surface area contributed by atoms with Crippen molar-refractivity contribution in [2.75, 3.05) is 44.4 Å². The molecule has 2 saturated heterocycles. The minimum Gasteiger partial charge on any atom is -0.379 e. The molecule has 1 atom stereocenters. The highest BCUT2D eigenvalue weighted by Crippen LogP contribution is 2.34. The zero-order valence-corrected chi connectivity index (χ0v) is 20.7. The number of carbonyl (C=O) groups is 1. The second-order valence-electron chi connectivity index (χ2n) is 8.17. The zero-order valence-electron chi connectivity index (χ0n) is 18.4. The number of ether oxygens (including phenoxy) is 2. The molecule has 1 unspecified atom stereocenters. The number of hydrogen-bond acceptors (Lipinski definition) is 7. The molecule has 0 aliphatic carbocycles. The number of aromatic nitrogens is 1. The van der Waals surface area contributed by atoms with E-state index in [0.29, 0.717) is 60.7 Å². The standard InChI is InChI=1S/C23H24ClN3O5S2/c24-19-4-1-5-20-21(19)25-23(33-20)27(15-17-3-2-12-32-17)22(28)16-6-8-18(9-7-16)34(29,30)26-10-13-31-14-11-26/h1,4-9,17H,2-3,10-15H2. The summed E-state index contributed by atoms with van der Waals surface area (Å²) in [5.41, 5.74) is 1.03. The fraction of sp³-hybridized carbons (Fsp3) is 0.391. The van der Waals surface area contributed by atoms with Gasteiger partial charge < -0.3 is 9.47 Å². The summed E-state index contributed by atoms with van der Waals surface area (Å²) in [7, 11) is -3.63. The molecule has 3 aromatic rings. The second-order valence-corrected chi connectivity index (χ2v) is 11.5. The Bertz CT molecular complexity index is 1280. The minimum absolute atomic E-state index is 0.0765. The number of fused-ring (bicyclic) bond motifs is 1. The van der Waals surface area contributed by atoms with Crippen LogP contribution in [0, 0.1) is 0 Å². The summed E-state index contributed by atoms with van der Waals surface area (Å²) in [4.78, 5) is 20.0. The fourth-order valence-electron chi connectivity index (χ4n) is 4.12. The number of hydrogen-bond donors (Lipinski definition) is 0. The topological polar surface area (TPSA) is 89.0 Å². The lowest BCUT2D eigenvalue weighted by Crippen LogP contribution is -2.40. The number of carbonyl (C=O) groups excluding carboxylic acids is 1. The number of amides is 1. The number of anilines is 1. The van der Waals surface area contributed by atoms with Crippen LogP contribution < -0.4 is 4.90 Å². The molecule has 2 aromatic carbocycles. The van der Waals surface area contributed by atoms with Crippen LogP contribution in [0.4, 0.5) is 5.13 Å². The average molecular weight is 522 g/mol. The summed E-state index contributed by atoms with van der Waals surface area (Å²) in [6, 6.07) is 11.6. The van der Waals surface area contributed by atoms with Crippen molar-refractivity contribution in [3.63, 3.8) is 0 Å². The van der Waals surface area contributed by atoms with Crippen molar-refractivity contribution in [3.8, 4) is 0 Å². The normalized spacial score (nSPS) is 19.5. The van der Waals surface area contributed by atoms with E-state index in [-0.39, 0.29) is 16.9 Å². The highest BCUT2D eigenvalue weighted by molar-refractivity contribution is 7.89. The first kappa shape index (κ1) is 23.7. The number of halogens is 1. The summed E-state index contributed by atoms with van der Waals surface area (Å²) >= 11 is 7.71. The van der Waals surface area contributed by atoms with E-state index in [9.17, 15) is 13.2 Å². The first-order valence-corrected chi connectivity index (χ1v) is 13.7. The molecule has 0 spiro atoms. The lowest BCUT2D eigenvalue weighted by Gasteiger charge is -2.26. The van der Waals surface area contributed by atoms with Crippen LogP contribution in [0.5, 0.6) is 0 Å². The van der Waals surface area contributed by atoms with Crippen molar-refractivity contribution in [1.82, 2.24) is 9.29 Å². The van der Waals surface area contributed by atoms with Gasteiger partial charge in [-0.25, -0.2) is 13.4 Å². The van der Waals surface area contributed by atoms with Gasteiger partial charge in [0.2, 0.25) is 10.0 Å². The molecule has 2 aliphatic heterocycles. The molecular formula is C23H24ClN3O5S2. The fourth-order valence-corrected chi connectivity index (χ4v) is 6.80. The largest absolute Gasteiger partial charge is 0.379 e. The molecule has 1 aromatic heterocycles. The van der Waals surface area contributed by atoms with Gasteiger partial charge in [-0.3, -0.25) is 9.69 Å². The van der Waals surface area contributed by atoms with Gasteiger partial charge >= 0.3 is 0 Å². The average Bonchev–Trinajstić information content (AvgIpc) is 3.53. The summed E-state index contributed by atoms with van der Waals surface area (Å²) in [5, 5.41) is 1.07. The molecule has 8 nitrogen and oxygen atoms in total. The van der Waals surface area contributed by atoms with Crippen molar-refractivity contribution in [1.29, 1.82) is 0 Å². The van der Waals surface area contributed by atoms with E-state index in [1.54, 1.807) is 23.1 Å². The maximum Gasteiger partial charge on any atom is 0.260 e. The van der Waals surface area contributed by atoms with Gasteiger partial charge in [0, 0.05) is 25.3 Å². The van der Waals surface area contributed by atoms with Crippen LogP contribution >= 0.6 is 22.9 Å². The molecule has 34 heavy (non-hydrogen) atoms. The zero-order chi connectivity index (χ0) is 23.7. The molecule has 2 fully saturated rings. The van der Waals surface area contributed by atoms with Crippen LogP contribution in [-0.4, -0.2) is 69.2 Å². The van der Waals surface area contributed by atoms with Gasteiger partial charge in [-0.2, -0.15) is 4.31 Å². The quantitative estimate of drug-likeness (QED) is 0.490. The first-order chi connectivity index (χ1) is 16.4. The van der Waals surface area contributed by atoms with Crippen molar-refractivity contribution in [3.05, 3.63) is 53.1 Å². The molecule has 2 aliphatic rings. The van der Waals surface area contributed by atoms with Gasteiger partial charge in [0.1, 0.15) is 5.52 Å². The number of rotatable bonds is 6. The van der Waals surface area contributed by atoms with Crippen LogP contribution in [0.15, 0.2) is 47.4 Å². The molecule has 0 saturated carbocycles. The summed E-state index contributed by atoms with van der Waals surface area (Å²) in [6.45, 7) is 2.42. The molecule has 0 radical (unpaired) electrons. The smallest absolute Gasteiger partial charge is 0.260 e. The Morgan fingerprint density at radius 1 is 1.15 bits per heavy atom. The van der Waals surface area contributed by atoms with E-state index in [2.05, 4.69) is 4.98 Å². The van der Waals surface area contributed by atoms with E-state index >= 15 is 0 Å². The Morgan fingerprint density at radius 3 is 2.59 bits per heavy atom. The Labute approximate surface area is 207 Å². The number of para-hydroxylation sites is 1. The maximum atomic E-state index is 13.6. The maximum absolute atomic E-state index is 13.6. The predicted octanol–water partition coefficient (Wildman–Crippen LogP) is 3.80. The highest BCUT2D eigenvalue weighted by Gasteiger charge is 2.29. The van der Waals surface area contributed by atoms with Crippen molar-refractivity contribution >= 4 is 54.2 Å². The SMILES string of the molecule is O=C(c1ccc(S(=O)(=O)N2CCOCC2)cc1)N(CC1CCCO1)c1nc2c(Cl)cccc2s1. The molecule has 5 rings (SSSR count). The van der Waals surface area contributed by atoms with Gasteiger partial charge in [-0.15, -0.1) is 0 Å². The lowest BCUT2D eigenvalue weighted by atomic mass is 10.2. The first-order valence-electron chi connectivity index (χ1n) is 11.1. The third kappa shape index (κ3) is 4.71. The molecule has 3 heterocycles. The summed E-state index contributed by atoms with van der Waals surface area (Å²) in [6.07, 6.45) is 1.74. The van der Waals surface area contributed by atoms with Crippen LogP contribution in [0.2, 0.25) is 5.02 Å². The van der Waals surface area contributed by atoms with Crippen LogP contribution in [-0.2, 0) is 19.5 Å². The van der Waals surface area contributed by atoms with E-state index in [1.165, 1.54) is 27.8 Å². The molecule has 1 amide bonds. The molecule has 180 valence electrons. The minimum atomic E-state index is -3.63. The van der Waals surface area contributed by atoms with E-state index in [4.69, 9.17) is 21.1 Å². The van der Waals surface area contributed by atoms with Crippen molar-refractivity contribution in [2.24, 2.45) is 0 Å². The molecule has 0 N–H and O–H groups in total. The summed E-state index contributed by atoms with van der Waals surface area (Å²) < 4.78 is 39.2. The summed E-state index contributed by atoms with van der Waals surface area (Å²) in [5.74, 6) is -0.263. The molecule has 11 heteroatoms. The van der Waals surface area contributed by atoms with Gasteiger partial charge in [0.15, 0.2) is 5.13 Å². The van der Waals surface area contributed by atoms with Crippen LogP contribution in [0.1, 0.15) is 23.2 Å². The Hall–Kier alpha value is -2.08. The third-order valence-corrected chi connectivity index (χ3v) is 9.22. The number of nitrogens with zero attached hydrogens (tertiary/aromatic N) is 3.